The molecule has 150 valence electrons. The van der Waals surface area contributed by atoms with Crippen molar-refractivity contribution in [2.24, 2.45) is 0 Å². The van der Waals surface area contributed by atoms with Gasteiger partial charge in [-0.05, 0) is 36.8 Å². The number of carbonyl (C=O) groups is 1. The number of rotatable bonds is 6. The van der Waals surface area contributed by atoms with Crippen molar-refractivity contribution in [1.82, 2.24) is 10.2 Å². The molecule has 2 aromatic carbocycles. The number of hydrogen-bond acceptors (Lipinski definition) is 4. The fraction of sp³-hybridized carbons (Fsp3) is 0.381. The third kappa shape index (κ3) is 4.75. The Kier molecular flexibility index (Phi) is 6.75. The standard InChI is InChI=1S/C21H24ClFN2O3/c1-3-15-13-25(12-14-11-16(27-2)7-8-19(14)28-15)10-9-24-21(26)20-17(22)5-4-6-18(20)23/h4-8,11,15H,3,9-10,12-13H2,1-2H3,(H,24,26)/t15-/m1/s1. The zero-order valence-electron chi connectivity index (χ0n) is 16.0. The molecule has 2 aromatic rings. The van der Waals surface area contributed by atoms with Gasteiger partial charge in [0.2, 0.25) is 0 Å². The number of nitrogens with zero attached hydrogens (tertiary/aromatic N) is 1. The van der Waals surface area contributed by atoms with Crippen molar-refractivity contribution in [2.75, 3.05) is 26.7 Å². The number of halogens is 2. The van der Waals surface area contributed by atoms with Crippen LogP contribution in [0.5, 0.6) is 11.5 Å². The number of benzene rings is 2. The SMILES string of the molecule is CC[C@@H]1CN(CCNC(=O)c2c(F)cccc2Cl)Cc2cc(OC)ccc2O1. The van der Waals surface area contributed by atoms with Gasteiger partial charge in [0.25, 0.3) is 5.91 Å². The van der Waals surface area contributed by atoms with Crippen LogP contribution in [-0.2, 0) is 6.54 Å². The Labute approximate surface area is 169 Å². The Morgan fingerprint density at radius 3 is 2.93 bits per heavy atom. The van der Waals surface area contributed by atoms with Crippen molar-refractivity contribution in [3.63, 3.8) is 0 Å². The van der Waals surface area contributed by atoms with E-state index in [-0.39, 0.29) is 16.7 Å². The molecule has 0 saturated heterocycles. The molecule has 3 rings (SSSR count). The van der Waals surface area contributed by atoms with Crippen LogP contribution in [0.25, 0.3) is 0 Å². The van der Waals surface area contributed by atoms with E-state index in [0.717, 1.165) is 30.0 Å². The van der Waals surface area contributed by atoms with E-state index in [1.54, 1.807) is 7.11 Å². The Morgan fingerprint density at radius 2 is 2.21 bits per heavy atom. The van der Waals surface area contributed by atoms with E-state index >= 15 is 0 Å². The van der Waals surface area contributed by atoms with E-state index in [1.165, 1.54) is 18.2 Å². The van der Waals surface area contributed by atoms with E-state index in [1.807, 2.05) is 18.2 Å². The van der Waals surface area contributed by atoms with Gasteiger partial charge in [-0.15, -0.1) is 0 Å². The predicted octanol–water partition coefficient (Wildman–Crippen LogP) is 3.89. The number of hydrogen-bond donors (Lipinski definition) is 1. The van der Waals surface area contributed by atoms with Crippen molar-refractivity contribution in [1.29, 1.82) is 0 Å². The summed E-state index contributed by atoms with van der Waals surface area (Å²) in [5.41, 5.74) is 0.920. The van der Waals surface area contributed by atoms with Gasteiger partial charge in [0, 0.05) is 31.7 Å². The fourth-order valence-corrected chi connectivity index (χ4v) is 3.49. The summed E-state index contributed by atoms with van der Waals surface area (Å²) in [5, 5.41) is 2.86. The van der Waals surface area contributed by atoms with Gasteiger partial charge >= 0.3 is 0 Å². The number of fused-ring (bicyclic) bond motifs is 1. The van der Waals surface area contributed by atoms with Crippen molar-refractivity contribution < 1.29 is 18.7 Å². The fourth-order valence-electron chi connectivity index (χ4n) is 3.25. The monoisotopic (exact) mass is 406 g/mol. The molecule has 1 heterocycles. The molecule has 5 nitrogen and oxygen atoms in total. The first-order valence-electron chi connectivity index (χ1n) is 9.30. The van der Waals surface area contributed by atoms with E-state index in [9.17, 15) is 9.18 Å². The maximum Gasteiger partial charge on any atom is 0.255 e. The summed E-state index contributed by atoms with van der Waals surface area (Å²) in [5.74, 6) is 0.501. The van der Waals surface area contributed by atoms with E-state index in [4.69, 9.17) is 21.1 Å². The Bertz CT molecular complexity index is 826. The lowest BCUT2D eigenvalue weighted by Crippen LogP contribution is -2.38. The minimum Gasteiger partial charge on any atom is -0.497 e. The molecular formula is C21H24ClFN2O3. The van der Waals surface area contributed by atoms with Crippen LogP contribution in [0, 0.1) is 5.82 Å². The summed E-state index contributed by atoms with van der Waals surface area (Å²) in [4.78, 5) is 14.5. The van der Waals surface area contributed by atoms with Crippen LogP contribution in [-0.4, -0.2) is 43.7 Å². The highest BCUT2D eigenvalue weighted by molar-refractivity contribution is 6.33. The van der Waals surface area contributed by atoms with E-state index < -0.39 is 11.7 Å². The quantitative estimate of drug-likeness (QED) is 0.790. The topological polar surface area (TPSA) is 50.8 Å². The zero-order chi connectivity index (χ0) is 20.1. The summed E-state index contributed by atoms with van der Waals surface area (Å²) in [6.45, 7) is 4.48. The van der Waals surface area contributed by atoms with Crippen molar-refractivity contribution in [3.8, 4) is 11.5 Å². The Hall–Kier alpha value is -2.31. The maximum absolute atomic E-state index is 13.9. The third-order valence-corrected chi connectivity index (χ3v) is 5.09. The number of ether oxygens (including phenoxy) is 2. The van der Waals surface area contributed by atoms with Gasteiger partial charge in [-0.2, -0.15) is 0 Å². The van der Waals surface area contributed by atoms with E-state index in [0.29, 0.717) is 19.6 Å². The third-order valence-electron chi connectivity index (χ3n) is 4.78. The molecule has 0 saturated carbocycles. The van der Waals surface area contributed by atoms with Gasteiger partial charge in [0.1, 0.15) is 23.4 Å². The first kappa shape index (κ1) is 20.4. The molecule has 1 N–H and O–H groups in total. The minimum atomic E-state index is -0.625. The second-order valence-electron chi connectivity index (χ2n) is 6.71. The number of amides is 1. The van der Waals surface area contributed by atoms with Crippen LogP contribution in [0.4, 0.5) is 4.39 Å². The second-order valence-corrected chi connectivity index (χ2v) is 7.12. The first-order valence-corrected chi connectivity index (χ1v) is 9.67. The van der Waals surface area contributed by atoms with Crippen LogP contribution in [0.2, 0.25) is 5.02 Å². The predicted molar refractivity (Wildman–Crippen MR) is 107 cm³/mol. The highest BCUT2D eigenvalue weighted by Gasteiger charge is 2.23. The number of carbonyl (C=O) groups excluding carboxylic acids is 1. The molecule has 0 bridgehead atoms. The Morgan fingerprint density at radius 1 is 1.39 bits per heavy atom. The smallest absolute Gasteiger partial charge is 0.255 e. The average molecular weight is 407 g/mol. The van der Waals surface area contributed by atoms with Gasteiger partial charge in [-0.25, -0.2) is 4.39 Å². The maximum atomic E-state index is 13.9. The molecule has 1 aliphatic rings. The first-order chi connectivity index (χ1) is 13.5. The lowest BCUT2D eigenvalue weighted by molar-refractivity contribution is 0.0939. The lowest BCUT2D eigenvalue weighted by atomic mass is 10.1. The molecule has 28 heavy (non-hydrogen) atoms. The summed E-state index contributed by atoms with van der Waals surface area (Å²) in [6.07, 6.45) is 0.936. The molecular weight excluding hydrogens is 383 g/mol. The Balaban J connectivity index is 1.65. The number of methoxy groups -OCH3 is 1. The largest absolute Gasteiger partial charge is 0.497 e. The van der Waals surface area contributed by atoms with Crippen molar-refractivity contribution >= 4 is 17.5 Å². The molecule has 7 heteroatoms. The highest BCUT2D eigenvalue weighted by atomic mass is 35.5. The highest BCUT2D eigenvalue weighted by Crippen LogP contribution is 2.29. The van der Waals surface area contributed by atoms with Gasteiger partial charge in [-0.1, -0.05) is 24.6 Å². The number of nitrogens with one attached hydrogen (secondary N) is 1. The van der Waals surface area contributed by atoms with Crippen LogP contribution in [0.15, 0.2) is 36.4 Å². The molecule has 0 unspecified atom stereocenters. The molecule has 0 spiro atoms. The van der Waals surface area contributed by atoms with Gasteiger partial charge in [-0.3, -0.25) is 9.69 Å². The summed E-state index contributed by atoms with van der Waals surface area (Å²) >= 11 is 5.96. The summed E-state index contributed by atoms with van der Waals surface area (Å²) < 4.78 is 25.3. The zero-order valence-corrected chi connectivity index (χ0v) is 16.8. The van der Waals surface area contributed by atoms with Crippen molar-refractivity contribution in [3.05, 3.63) is 58.4 Å². The van der Waals surface area contributed by atoms with Crippen LogP contribution >= 0.6 is 11.6 Å². The lowest BCUT2D eigenvalue weighted by Gasteiger charge is -2.23. The molecule has 1 amide bonds. The molecule has 0 aliphatic carbocycles. The van der Waals surface area contributed by atoms with Crippen molar-refractivity contribution in [2.45, 2.75) is 26.0 Å². The van der Waals surface area contributed by atoms with Crippen LogP contribution < -0.4 is 14.8 Å². The molecule has 0 radical (unpaired) electrons. The van der Waals surface area contributed by atoms with Gasteiger partial charge in [0.15, 0.2) is 0 Å². The normalized spacial score (nSPS) is 16.6. The average Bonchev–Trinajstić information content (AvgIpc) is 2.85. The molecule has 1 aliphatic heterocycles. The summed E-state index contributed by atoms with van der Waals surface area (Å²) in [6, 6.07) is 9.99. The van der Waals surface area contributed by atoms with Crippen LogP contribution in [0.1, 0.15) is 29.3 Å². The molecule has 0 aromatic heterocycles. The van der Waals surface area contributed by atoms with Crippen LogP contribution in [0.3, 0.4) is 0 Å². The van der Waals surface area contributed by atoms with Gasteiger partial charge < -0.3 is 14.8 Å². The van der Waals surface area contributed by atoms with E-state index in [2.05, 4.69) is 17.1 Å². The molecule has 0 fully saturated rings. The summed E-state index contributed by atoms with van der Waals surface area (Å²) in [7, 11) is 1.63. The minimum absolute atomic E-state index is 0.0614. The molecule has 1 atom stereocenters. The second kappa shape index (κ2) is 9.26. The van der Waals surface area contributed by atoms with Gasteiger partial charge in [0.05, 0.1) is 17.7 Å².